The van der Waals surface area contributed by atoms with Crippen molar-refractivity contribution in [1.29, 1.82) is 0 Å². The summed E-state index contributed by atoms with van der Waals surface area (Å²) in [5, 5.41) is 11.6. The van der Waals surface area contributed by atoms with Gasteiger partial charge in [0.1, 0.15) is 5.82 Å². The number of anilines is 1. The molecule has 1 aromatic heterocycles. The van der Waals surface area contributed by atoms with Gasteiger partial charge in [-0.05, 0) is 51.0 Å². The van der Waals surface area contributed by atoms with Crippen LogP contribution in [0.2, 0.25) is 0 Å². The van der Waals surface area contributed by atoms with Crippen molar-refractivity contribution in [2.75, 3.05) is 31.6 Å². The SMILES string of the molecule is Cc1nnc(SC(C)C(=O)Nc2ccc(S(=O)(=O)N3CCOCC3)cc2)n1C1CC1. The van der Waals surface area contributed by atoms with Gasteiger partial charge in [0.15, 0.2) is 5.16 Å². The molecule has 2 fully saturated rings. The first-order valence-electron chi connectivity index (χ1n) is 9.93. The Labute approximate surface area is 180 Å². The highest BCUT2D eigenvalue weighted by molar-refractivity contribution is 8.00. The topological polar surface area (TPSA) is 106 Å². The van der Waals surface area contributed by atoms with Gasteiger partial charge in [-0.1, -0.05) is 11.8 Å². The molecule has 30 heavy (non-hydrogen) atoms. The molecule has 4 rings (SSSR count). The number of sulfonamides is 1. The zero-order valence-electron chi connectivity index (χ0n) is 16.9. The molecule has 2 aliphatic rings. The Morgan fingerprint density at radius 3 is 2.50 bits per heavy atom. The predicted molar refractivity (Wildman–Crippen MR) is 113 cm³/mol. The lowest BCUT2D eigenvalue weighted by Gasteiger charge is -2.26. The second-order valence-electron chi connectivity index (χ2n) is 7.42. The molecule has 2 heterocycles. The number of aromatic nitrogens is 3. The summed E-state index contributed by atoms with van der Waals surface area (Å²) in [6.07, 6.45) is 2.24. The van der Waals surface area contributed by atoms with Gasteiger partial charge in [0, 0.05) is 24.8 Å². The number of nitrogens with one attached hydrogen (secondary N) is 1. The Kier molecular flexibility index (Phi) is 6.14. The van der Waals surface area contributed by atoms with E-state index in [4.69, 9.17) is 4.74 Å². The summed E-state index contributed by atoms with van der Waals surface area (Å²) in [4.78, 5) is 12.8. The highest BCUT2D eigenvalue weighted by atomic mass is 32.2. The third kappa shape index (κ3) is 4.53. The predicted octanol–water partition coefficient (Wildman–Crippen LogP) is 2.06. The van der Waals surface area contributed by atoms with E-state index in [0.717, 1.165) is 23.8 Å². The van der Waals surface area contributed by atoms with Crippen LogP contribution in [0.4, 0.5) is 5.69 Å². The quantitative estimate of drug-likeness (QED) is 0.642. The number of hydrogen-bond donors (Lipinski definition) is 1. The van der Waals surface area contributed by atoms with Crippen molar-refractivity contribution < 1.29 is 17.9 Å². The Hall–Kier alpha value is -1.95. The molecule has 1 atom stereocenters. The number of rotatable bonds is 7. The summed E-state index contributed by atoms with van der Waals surface area (Å²) in [5.74, 6) is 0.691. The van der Waals surface area contributed by atoms with E-state index in [1.807, 2.05) is 13.8 Å². The van der Waals surface area contributed by atoms with Crippen LogP contribution in [0.1, 0.15) is 31.6 Å². The molecular weight excluding hydrogens is 426 g/mol. The van der Waals surface area contributed by atoms with Crippen molar-refractivity contribution in [3.8, 4) is 0 Å². The van der Waals surface area contributed by atoms with Crippen LogP contribution in [-0.4, -0.2) is 64.9 Å². The van der Waals surface area contributed by atoms with Crippen molar-refractivity contribution in [1.82, 2.24) is 19.1 Å². The number of hydrogen-bond acceptors (Lipinski definition) is 7. The summed E-state index contributed by atoms with van der Waals surface area (Å²) in [7, 11) is -3.55. The number of benzene rings is 1. The molecule has 11 heteroatoms. The number of amides is 1. The number of nitrogens with zero attached hydrogens (tertiary/aromatic N) is 4. The van der Waals surface area contributed by atoms with Crippen LogP contribution < -0.4 is 5.32 Å². The average molecular weight is 452 g/mol. The third-order valence-electron chi connectivity index (χ3n) is 5.13. The van der Waals surface area contributed by atoms with Gasteiger partial charge in [0.25, 0.3) is 0 Å². The molecule has 1 aliphatic heterocycles. The molecule has 1 N–H and O–H groups in total. The van der Waals surface area contributed by atoms with Crippen molar-refractivity contribution >= 4 is 33.4 Å². The number of ether oxygens (including phenoxy) is 1. The van der Waals surface area contributed by atoms with Crippen LogP contribution in [0, 0.1) is 6.92 Å². The number of carbonyl (C=O) groups excluding carboxylic acids is 1. The number of aryl methyl sites for hydroxylation is 1. The molecule has 1 aliphatic carbocycles. The van der Waals surface area contributed by atoms with Gasteiger partial charge in [-0.25, -0.2) is 8.42 Å². The van der Waals surface area contributed by atoms with Gasteiger partial charge in [0.05, 0.1) is 23.4 Å². The zero-order valence-corrected chi connectivity index (χ0v) is 18.6. The molecule has 1 aromatic carbocycles. The van der Waals surface area contributed by atoms with Crippen LogP contribution >= 0.6 is 11.8 Å². The first-order valence-corrected chi connectivity index (χ1v) is 12.3. The second kappa shape index (κ2) is 8.66. The maximum absolute atomic E-state index is 12.7. The largest absolute Gasteiger partial charge is 0.379 e. The minimum atomic E-state index is -3.55. The molecule has 1 saturated carbocycles. The first-order chi connectivity index (χ1) is 14.4. The summed E-state index contributed by atoms with van der Waals surface area (Å²) in [5.41, 5.74) is 0.549. The summed E-state index contributed by atoms with van der Waals surface area (Å²) in [6.45, 7) is 5.24. The van der Waals surface area contributed by atoms with E-state index in [-0.39, 0.29) is 16.1 Å². The van der Waals surface area contributed by atoms with Gasteiger partial charge in [-0.15, -0.1) is 10.2 Å². The number of morpholine rings is 1. The van der Waals surface area contributed by atoms with Crippen LogP contribution in [-0.2, 0) is 19.6 Å². The maximum atomic E-state index is 12.7. The van der Waals surface area contributed by atoms with Crippen molar-refractivity contribution in [2.45, 2.75) is 48.0 Å². The minimum absolute atomic E-state index is 0.174. The van der Waals surface area contributed by atoms with E-state index in [1.165, 1.54) is 28.2 Å². The zero-order chi connectivity index (χ0) is 21.3. The average Bonchev–Trinajstić information content (AvgIpc) is 3.52. The summed E-state index contributed by atoms with van der Waals surface area (Å²) >= 11 is 1.38. The van der Waals surface area contributed by atoms with Crippen molar-refractivity contribution in [3.05, 3.63) is 30.1 Å². The van der Waals surface area contributed by atoms with E-state index in [2.05, 4.69) is 20.1 Å². The van der Waals surface area contributed by atoms with Gasteiger partial charge in [-0.3, -0.25) is 4.79 Å². The molecule has 9 nitrogen and oxygen atoms in total. The van der Waals surface area contributed by atoms with Gasteiger partial charge < -0.3 is 14.6 Å². The standard InChI is InChI=1S/C19H25N5O4S2/c1-13(29-19-22-21-14(2)24(19)16-5-6-16)18(25)20-15-3-7-17(8-4-15)30(26,27)23-9-11-28-12-10-23/h3-4,7-8,13,16H,5-6,9-12H2,1-2H3,(H,20,25). The lowest BCUT2D eigenvalue weighted by Crippen LogP contribution is -2.40. The van der Waals surface area contributed by atoms with Gasteiger partial charge >= 0.3 is 0 Å². The molecule has 1 saturated heterocycles. The van der Waals surface area contributed by atoms with Crippen LogP contribution in [0.5, 0.6) is 0 Å². The lowest BCUT2D eigenvalue weighted by molar-refractivity contribution is -0.115. The smallest absolute Gasteiger partial charge is 0.243 e. The van der Waals surface area contributed by atoms with Crippen LogP contribution in [0.15, 0.2) is 34.3 Å². The fraction of sp³-hybridized carbons (Fsp3) is 0.526. The Morgan fingerprint density at radius 1 is 1.20 bits per heavy atom. The lowest BCUT2D eigenvalue weighted by atomic mass is 10.3. The fourth-order valence-electron chi connectivity index (χ4n) is 3.29. The molecule has 0 spiro atoms. The molecule has 1 amide bonds. The highest BCUT2D eigenvalue weighted by Crippen LogP contribution is 2.39. The normalized spacial score (nSPS) is 18.9. The monoisotopic (exact) mass is 451 g/mol. The van der Waals surface area contributed by atoms with Gasteiger partial charge in [0.2, 0.25) is 15.9 Å². The molecular formula is C19H25N5O4S2. The van der Waals surface area contributed by atoms with E-state index >= 15 is 0 Å². The Bertz CT molecular complexity index is 1010. The Balaban J connectivity index is 1.38. The highest BCUT2D eigenvalue weighted by Gasteiger charge is 2.30. The summed E-state index contributed by atoms with van der Waals surface area (Å²) in [6, 6.07) is 6.70. The minimum Gasteiger partial charge on any atom is -0.379 e. The summed E-state index contributed by atoms with van der Waals surface area (Å²) < 4.78 is 34.1. The third-order valence-corrected chi connectivity index (χ3v) is 8.10. The van der Waals surface area contributed by atoms with Crippen LogP contribution in [0.25, 0.3) is 0 Å². The van der Waals surface area contributed by atoms with E-state index < -0.39 is 10.0 Å². The van der Waals surface area contributed by atoms with Crippen molar-refractivity contribution in [3.63, 3.8) is 0 Å². The molecule has 1 unspecified atom stereocenters. The van der Waals surface area contributed by atoms with Crippen LogP contribution in [0.3, 0.4) is 0 Å². The first kappa shape index (κ1) is 21.3. The van der Waals surface area contributed by atoms with E-state index in [1.54, 1.807) is 12.1 Å². The molecule has 0 radical (unpaired) electrons. The molecule has 2 aromatic rings. The fourth-order valence-corrected chi connectivity index (χ4v) is 5.66. The van der Waals surface area contributed by atoms with Gasteiger partial charge in [-0.2, -0.15) is 4.31 Å². The second-order valence-corrected chi connectivity index (χ2v) is 10.7. The molecule has 162 valence electrons. The maximum Gasteiger partial charge on any atom is 0.243 e. The van der Waals surface area contributed by atoms with E-state index in [9.17, 15) is 13.2 Å². The molecule has 0 bridgehead atoms. The number of thioether (sulfide) groups is 1. The number of carbonyl (C=O) groups is 1. The van der Waals surface area contributed by atoms with E-state index in [0.29, 0.717) is 38.0 Å². The van der Waals surface area contributed by atoms with Crippen molar-refractivity contribution in [2.24, 2.45) is 0 Å². The Morgan fingerprint density at radius 2 is 1.87 bits per heavy atom.